The molecule has 0 bridgehead atoms. The summed E-state index contributed by atoms with van der Waals surface area (Å²) < 4.78 is 0. The van der Waals surface area contributed by atoms with E-state index in [1.54, 1.807) is 24.2 Å². The van der Waals surface area contributed by atoms with Gasteiger partial charge >= 0.3 is 0 Å². The molecule has 1 aromatic heterocycles. The topological polar surface area (TPSA) is 37.8 Å². The van der Waals surface area contributed by atoms with E-state index >= 15 is 0 Å². The quantitative estimate of drug-likeness (QED) is 0.453. The predicted molar refractivity (Wildman–Crippen MR) is 85.5 cm³/mol. The van der Waals surface area contributed by atoms with Gasteiger partial charge in [0.1, 0.15) is 0 Å². The van der Waals surface area contributed by atoms with Crippen LogP contribution in [0, 0.1) is 0 Å². The first-order valence-corrected chi connectivity index (χ1v) is 8.04. The maximum atomic E-state index is 5.97. The largest absolute Gasteiger partial charge is 1.00 e. The van der Waals surface area contributed by atoms with E-state index < -0.39 is 0 Å². The number of hydrogen-bond acceptors (Lipinski definition) is 4. The third kappa shape index (κ3) is 6.85. The summed E-state index contributed by atoms with van der Waals surface area (Å²) in [7, 11) is 0. The van der Waals surface area contributed by atoms with Gasteiger partial charge in [-0.15, -0.1) is 0 Å². The Kier molecular flexibility index (Phi) is 9.04. The Hall–Kier alpha value is -0.520. The lowest BCUT2D eigenvalue weighted by atomic mass is 10.2. The Morgan fingerprint density at radius 1 is 1.10 bits per heavy atom. The van der Waals surface area contributed by atoms with Gasteiger partial charge in [-0.3, -0.25) is 0 Å². The van der Waals surface area contributed by atoms with Crippen molar-refractivity contribution in [3.63, 3.8) is 0 Å². The molecule has 0 saturated heterocycles. The Morgan fingerprint density at radius 3 is 2.57 bits per heavy atom. The van der Waals surface area contributed by atoms with Crippen LogP contribution in [-0.4, -0.2) is 22.3 Å². The molecule has 0 fully saturated rings. The highest BCUT2D eigenvalue weighted by Gasteiger charge is 1.99. The molecular formula is C14H15Cl3N3S-. The second kappa shape index (κ2) is 10.2. The molecule has 0 aliphatic carbocycles. The van der Waals surface area contributed by atoms with Gasteiger partial charge in [0.05, 0.1) is 10.0 Å². The molecule has 1 heterocycles. The van der Waals surface area contributed by atoms with Gasteiger partial charge in [-0.2, -0.15) is 0 Å². The first-order chi connectivity index (χ1) is 9.75. The minimum atomic E-state index is 0. The van der Waals surface area contributed by atoms with E-state index in [2.05, 4.69) is 15.3 Å². The lowest BCUT2D eigenvalue weighted by Crippen LogP contribution is -3.00. The Bertz CT molecular complexity index is 540. The standard InChI is InChI=1S/C14H15Cl2N3S.ClH/c15-12-4-3-11(9-13(12)16)10-17-5-2-8-20-14-18-6-1-7-19-14;/h1,3-4,6-7,9,17H,2,5,8,10H2;1H/p-1. The molecule has 0 aliphatic heterocycles. The molecule has 1 aromatic carbocycles. The van der Waals surface area contributed by atoms with Crippen molar-refractivity contribution in [2.24, 2.45) is 0 Å². The summed E-state index contributed by atoms with van der Waals surface area (Å²) >= 11 is 13.5. The molecule has 0 amide bonds. The van der Waals surface area contributed by atoms with Gasteiger partial charge < -0.3 is 17.7 Å². The van der Waals surface area contributed by atoms with E-state index in [0.717, 1.165) is 36.0 Å². The highest BCUT2D eigenvalue weighted by atomic mass is 35.5. The van der Waals surface area contributed by atoms with E-state index in [9.17, 15) is 0 Å². The zero-order chi connectivity index (χ0) is 14.2. The van der Waals surface area contributed by atoms with Crippen molar-refractivity contribution in [2.75, 3.05) is 12.3 Å². The van der Waals surface area contributed by atoms with E-state index in [1.807, 2.05) is 24.3 Å². The molecule has 21 heavy (non-hydrogen) atoms. The number of nitrogens with one attached hydrogen (secondary N) is 1. The molecule has 0 atom stereocenters. The van der Waals surface area contributed by atoms with Crippen LogP contribution in [0.4, 0.5) is 0 Å². The zero-order valence-corrected chi connectivity index (χ0v) is 14.3. The van der Waals surface area contributed by atoms with E-state index in [0.29, 0.717) is 10.0 Å². The van der Waals surface area contributed by atoms with Crippen molar-refractivity contribution in [2.45, 2.75) is 18.1 Å². The van der Waals surface area contributed by atoms with Crippen LogP contribution in [0.25, 0.3) is 0 Å². The minimum Gasteiger partial charge on any atom is -1.00 e. The fraction of sp³-hybridized carbons (Fsp3) is 0.286. The van der Waals surface area contributed by atoms with Gasteiger partial charge in [0, 0.05) is 24.7 Å². The molecule has 114 valence electrons. The number of nitrogens with zero attached hydrogens (tertiary/aromatic N) is 2. The average Bonchev–Trinajstić information content (AvgIpc) is 2.47. The number of thioether (sulfide) groups is 1. The lowest BCUT2D eigenvalue weighted by molar-refractivity contribution is -0.00000398. The molecule has 1 N–H and O–H groups in total. The van der Waals surface area contributed by atoms with Crippen LogP contribution in [0.15, 0.2) is 41.8 Å². The fourth-order valence-electron chi connectivity index (χ4n) is 1.60. The summed E-state index contributed by atoms with van der Waals surface area (Å²) in [6.07, 6.45) is 4.58. The fourth-order valence-corrected chi connectivity index (χ4v) is 2.67. The smallest absolute Gasteiger partial charge is 0.187 e. The normalized spacial score (nSPS) is 10.2. The molecule has 7 heteroatoms. The summed E-state index contributed by atoms with van der Waals surface area (Å²) in [5, 5.41) is 5.40. The number of aromatic nitrogens is 2. The van der Waals surface area contributed by atoms with Gasteiger partial charge in [0.25, 0.3) is 0 Å². The first-order valence-electron chi connectivity index (χ1n) is 6.30. The second-order valence-electron chi connectivity index (χ2n) is 4.16. The molecule has 0 aliphatic rings. The number of hydrogen-bond donors (Lipinski definition) is 1. The molecule has 3 nitrogen and oxygen atoms in total. The Labute approximate surface area is 145 Å². The lowest BCUT2D eigenvalue weighted by Gasteiger charge is -2.06. The first kappa shape index (κ1) is 18.5. The predicted octanol–water partition coefficient (Wildman–Crippen LogP) is 1.06. The molecule has 0 spiro atoms. The van der Waals surface area contributed by atoms with E-state index in [4.69, 9.17) is 23.2 Å². The zero-order valence-electron chi connectivity index (χ0n) is 11.2. The Morgan fingerprint density at radius 2 is 1.86 bits per heavy atom. The van der Waals surface area contributed by atoms with Crippen LogP contribution in [0.3, 0.4) is 0 Å². The van der Waals surface area contributed by atoms with Crippen LogP contribution in [0.1, 0.15) is 12.0 Å². The van der Waals surface area contributed by atoms with Gasteiger partial charge in [-0.05, 0) is 36.7 Å². The van der Waals surface area contributed by atoms with Crippen LogP contribution in [0.5, 0.6) is 0 Å². The summed E-state index contributed by atoms with van der Waals surface area (Å²) in [6, 6.07) is 7.52. The number of benzene rings is 1. The maximum absolute atomic E-state index is 5.97. The highest BCUT2D eigenvalue weighted by Crippen LogP contribution is 2.22. The van der Waals surface area contributed by atoms with Gasteiger partial charge in [-0.25, -0.2) is 9.97 Å². The summed E-state index contributed by atoms with van der Waals surface area (Å²) in [5.41, 5.74) is 1.14. The van der Waals surface area contributed by atoms with E-state index in [1.165, 1.54) is 0 Å². The molecule has 2 aromatic rings. The van der Waals surface area contributed by atoms with Crippen molar-refractivity contribution in [1.82, 2.24) is 15.3 Å². The van der Waals surface area contributed by atoms with E-state index in [-0.39, 0.29) is 12.4 Å². The number of halogens is 3. The van der Waals surface area contributed by atoms with Crippen LogP contribution in [-0.2, 0) is 6.54 Å². The monoisotopic (exact) mass is 362 g/mol. The summed E-state index contributed by atoms with van der Waals surface area (Å²) in [6.45, 7) is 1.74. The van der Waals surface area contributed by atoms with Crippen LogP contribution in [0.2, 0.25) is 10.0 Å². The third-order valence-corrected chi connectivity index (χ3v) is 4.29. The number of rotatable bonds is 7. The molecule has 0 saturated carbocycles. The Balaban J connectivity index is 0.00000220. The van der Waals surface area contributed by atoms with Gasteiger partial charge in [0.2, 0.25) is 0 Å². The van der Waals surface area contributed by atoms with Crippen molar-refractivity contribution in [3.8, 4) is 0 Å². The SMILES string of the molecule is Clc1ccc(CNCCCSc2ncccn2)cc1Cl.[Cl-]. The van der Waals surface area contributed by atoms with Crippen molar-refractivity contribution < 1.29 is 12.4 Å². The minimum absolute atomic E-state index is 0. The van der Waals surface area contributed by atoms with Gasteiger partial charge in [0.15, 0.2) is 5.16 Å². The van der Waals surface area contributed by atoms with Gasteiger partial charge in [-0.1, -0.05) is 41.0 Å². The molecule has 0 unspecified atom stereocenters. The van der Waals surface area contributed by atoms with Crippen molar-refractivity contribution in [1.29, 1.82) is 0 Å². The molecular weight excluding hydrogens is 349 g/mol. The van der Waals surface area contributed by atoms with Crippen LogP contribution >= 0.6 is 35.0 Å². The van der Waals surface area contributed by atoms with Crippen LogP contribution < -0.4 is 17.7 Å². The molecule has 2 rings (SSSR count). The summed E-state index contributed by atoms with van der Waals surface area (Å²) in [5.74, 6) is 0.998. The van der Waals surface area contributed by atoms with Crippen molar-refractivity contribution in [3.05, 3.63) is 52.3 Å². The average molecular weight is 364 g/mol. The summed E-state index contributed by atoms with van der Waals surface area (Å²) in [4.78, 5) is 8.33. The van der Waals surface area contributed by atoms with Crippen molar-refractivity contribution >= 4 is 35.0 Å². The highest BCUT2D eigenvalue weighted by molar-refractivity contribution is 7.99. The molecule has 0 radical (unpaired) electrons. The third-order valence-electron chi connectivity index (χ3n) is 2.58. The second-order valence-corrected chi connectivity index (χ2v) is 6.04. The maximum Gasteiger partial charge on any atom is 0.187 e.